The van der Waals surface area contributed by atoms with Crippen molar-refractivity contribution in [2.75, 3.05) is 12.4 Å². The van der Waals surface area contributed by atoms with Crippen LogP contribution in [0.3, 0.4) is 0 Å². The molecule has 2 aromatic heterocycles. The molecule has 6 nitrogen and oxygen atoms in total. The second-order valence-electron chi connectivity index (χ2n) is 8.08. The number of carbonyl (C=O) groups is 1. The van der Waals surface area contributed by atoms with Crippen molar-refractivity contribution in [1.29, 1.82) is 0 Å². The number of ether oxygens (including phenoxy) is 1. The van der Waals surface area contributed by atoms with Crippen LogP contribution in [0.4, 0.5) is 23.2 Å². The fourth-order valence-corrected chi connectivity index (χ4v) is 4.00. The highest BCUT2D eigenvalue weighted by atomic mass is 19.4. The summed E-state index contributed by atoms with van der Waals surface area (Å²) in [5, 5.41) is 7.06. The topological polar surface area (TPSA) is 69.0 Å². The summed E-state index contributed by atoms with van der Waals surface area (Å²) >= 11 is 0. The minimum Gasteiger partial charge on any atom is -0.494 e. The van der Waals surface area contributed by atoms with E-state index in [1.807, 2.05) is 0 Å². The van der Waals surface area contributed by atoms with E-state index in [0.717, 1.165) is 43.9 Å². The van der Waals surface area contributed by atoms with Crippen LogP contribution in [-0.4, -0.2) is 27.8 Å². The van der Waals surface area contributed by atoms with E-state index in [4.69, 9.17) is 4.74 Å². The van der Waals surface area contributed by atoms with Gasteiger partial charge in [0, 0.05) is 6.07 Å². The molecule has 170 valence electrons. The summed E-state index contributed by atoms with van der Waals surface area (Å²) in [6.45, 7) is 2.17. The Balaban J connectivity index is 1.65. The number of rotatable bonds is 4. The van der Waals surface area contributed by atoms with Crippen molar-refractivity contribution in [1.82, 2.24) is 14.8 Å². The second kappa shape index (κ2) is 8.40. The molecule has 0 saturated heterocycles. The quantitative estimate of drug-likeness (QED) is 0.526. The molecule has 1 aliphatic rings. The second-order valence-corrected chi connectivity index (χ2v) is 8.08. The van der Waals surface area contributed by atoms with Crippen LogP contribution in [-0.2, 0) is 6.18 Å². The summed E-state index contributed by atoms with van der Waals surface area (Å²) in [6, 6.07) is 5.87. The Morgan fingerprint density at radius 1 is 1.19 bits per heavy atom. The highest BCUT2D eigenvalue weighted by molar-refractivity contribution is 6.05. The van der Waals surface area contributed by atoms with E-state index in [1.165, 1.54) is 23.9 Å². The van der Waals surface area contributed by atoms with Crippen molar-refractivity contribution < 1.29 is 27.1 Å². The van der Waals surface area contributed by atoms with Crippen molar-refractivity contribution in [3.8, 4) is 5.75 Å². The molecule has 0 spiro atoms. The van der Waals surface area contributed by atoms with Gasteiger partial charge in [-0.1, -0.05) is 13.0 Å². The Hall–Kier alpha value is -3.17. The highest BCUT2D eigenvalue weighted by Gasteiger charge is 2.33. The van der Waals surface area contributed by atoms with Gasteiger partial charge in [0.05, 0.1) is 29.7 Å². The first-order valence-electron chi connectivity index (χ1n) is 10.3. The number of carbonyl (C=O) groups excluding carboxylic acids is 1. The summed E-state index contributed by atoms with van der Waals surface area (Å²) in [4.78, 5) is 15.9. The minimum atomic E-state index is -4.68. The van der Waals surface area contributed by atoms with Gasteiger partial charge in [-0.15, -0.1) is 0 Å². The van der Waals surface area contributed by atoms with E-state index in [9.17, 15) is 18.0 Å². The van der Waals surface area contributed by atoms with Crippen LogP contribution in [0.1, 0.15) is 54.8 Å². The van der Waals surface area contributed by atoms with E-state index in [-0.39, 0.29) is 22.9 Å². The molecule has 0 bridgehead atoms. The normalized spacial score (nSPS) is 19.2. The summed E-state index contributed by atoms with van der Waals surface area (Å²) < 4.78 is 60.6. The molecule has 1 fully saturated rings. The number of nitrogens with one attached hydrogen (secondary N) is 1. The number of hydrogen-bond acceptors (Lipinski definition) is 4. The molecule has 1 N–H and O–H groups in total. The lowest BCUT2D eigenvalue weighted by molar-refractivity contribution is -0.141. The molecular formula is C22H22F4N4O2. The summed E-state index contributed by atoms with van der Waals surface area (Å²) in [5.41, 5.74) is -1.12. The monoisotopic (exact) mass is 450 g/mol. The molecule has 4 rings (SSSR count). The van der Waals surface area contributed by atoms with Crippen LogP contribution < -0.4 is 10.1 Å². The number of nitrogens with zero attached hydrogens (tertiary/aromatic N) is 3. The maximum absolute atomic E-state index is 15.2. The Morgan fingerprint density at radius 2 is 1.91 bits per heavy atom. The van der Waals surface area contributed by atoms with Crippen LogP contribution in [0.5, 0.6) is 5.75 Å². The number of anilines is 1. The van der Waals surface area contributed by atoms with Crippen molar-refractivity contribution >= 4 is 22.5 Å². The number of aromatic nitrogens is 3. The molecule has 1 aliphatic carbocycles. The molecule has 1 amide bonds. The van der Waals surface area contributed by atoms with Gasteiger partial charge in [0.2, 0.25) is 5.95 Å². The van der Waals surface area contributed by atoms with Crippen molar-refractivity contribution in [3.63, 3.8) is 0 Å². The maximum Gasteiger partial charge on any atom is 0.433 e. The Bertz CT molecular complexity index is 1150. The fraction of sp³-hybridized carbons (Fsp3) is 0.409. The van der Waals surface area contributed by atoms with Crippen LogP contribution in [0.15, 0.2) is 30.3 Å². The van der Waals surface area contributed by atoms with Crippen molar-refractivity contribution in [2.24, 2.45) is 5.92 Å². The summed E-state index contributed by atoms with van der Waals surface area (Å²) in [5.74, 6) is -0.580. The standard InChI is InChI=1S/C22H22F4N4O2/c1-12-6-8-13(9-7-12)30-20(23)14-10-17(18(32-2)11-16(14)29-30)28-21(31)15-4-3-5-19(27-15)22(24,25)26/h3-5,10-13H,6-9H2,1-2H3,(H,28,31). The first-order chi connectivity index (χ1) is 15.2. The zero-order chi connectivity index (χ0) is 23.0. The van der Waals surface area contributed by atoms with Gasteiger partial charge in [-0.05, 0) is 49.8 Å². The van der Waals surface area contributed by atoms with E-state index >= 15 is 4.39 Å². The predicted molar refractivity (Wildman–Crippen MR) is 110 cm³/mol. The Kier molecular flexibility index (Phi) is 5.79. The van der Waals surface area contributed by atoms with Crippen LogP contribution in [0, 0.1) is 11.9 Å². The number of methoxy groups -OCH3 is 1. The molecule has 0 radical (unpaired) electrons. The molecule has 10 heteroatoms. The van der Waals surface area contributed by atoms with Gasteiger partial charge in [0.1, 0.15) is 17.1 Å². The first kappa shape index (κ1) is 22.0. The molecule has 0 atom stereocenters. The molecule has 1 aromatic carbocycles. The Morgan fingerprint density at radius 3 is 2.56 bits per heavy atom. The summed E-state index contributed by atoms with van der Waals surface area (Å²) in [7, 11) is 1.37. The number of fused-ring (bicyclic) bond motifs is 1. The van der Waals surface area contributed by atoms with Crippen LogP contribution in [0.25, 0.3) is 10.9 Å². The van der Waals surface area contributed by atoms with Gasteiger partial charge in [0.15, 0.2) is 0 Å². The average molecular weight is 450 g/mol. The lowest BCUT2D eigenvalue weighted by atomic mass is 9.87. The van der Waals surface area contributed by atoms with Gasteiger partial charge in [-0.25, -0.2) is 9.67 Å². The molecule has 0 aliphatic heterocycles. The fourth-order valence-electron chi connectivity index (χ4n) is 4.00. The molecule has 0 unspecified atom stereocenters. The number of benzene rings is 1. The van der Waals surface area contributed by atoms with Crippen LogP contribution in [0.2, 0.25) is 0 Å². The summed E-state index contributed by atoms with van der Waals surface area (Å²) in [6.07, 6.45) is -1.03. The highest BCUT2D eigenvalue weighted by Crippen LogP contribution is 2.36. The van der Waals surface area contributed by atoms with Crippen molar-refractivity contribution in [2.45, 2.75) is 44.8 Å². The molecule has 2 heterocycles. The average Bonchev–Trinajstić information content (AvgIpc) is 3.08. The largest absolute Gasteiger partial charge is 0.494 e. The van der Waals surface area contributed by atoms with Gasteiger partial charge in [0.25, 0.3) is 5.91 Å². The molecule has 32 heavy (non-hydrogen) atoms. The molecule has 3 aromatic rings. The van der Waals surface area contributed by atoms with Crippen LogP contribution >= 0.6 is 0 Å². The SMILES string of the molecule is COc1cc2nn(C3CCC(C)CC3)c(F)c2cc1NC(=O)c1cccc(C(F)(F)F)n1. The smallest absolute Gasteiger partial charge is 0.433 e. The molecule has 1 saturated carbocycles. The lowest BCUT2D eigenvalue weighted by Gasteiger charge is -2.26. The zero-order valence-corrected chi connectivity index (χ0v) is 17.5. The molecular weight excluding hydrogens is 428 g/mol. The third-order valence-electron chi connectivity index (χ3n) is 5.81. The van der Waals surface area contributed by atoms with Gasteiger partial charge in [-0.3, -0.25) is 4.79 Å². The van der Waals surface area contributed by atoms with Gasteiger partial charge in [-0.2, -0.15) is 22.7 Å². The first-order valence-corrected chi connectivity index (χ1v) is 10.3. The van der Waals surface area contributed by atoms with E-state index in [0.29, 0.717) is 11.4 Å². The zero-order valence-electron chi connectivity index (χ0n) is 17.5. The predicted octanol–water partition coefficient (Wildman–Crippen LogP) is 5.60. The third-order valence-corrected chi connectivity index (χ3v) is 5.81. The van der Waals surface area contributed by atoms with Gasteiger partial charge >= 0.3 is 6.18 Å². The number of pyridine rings is 1. The maximum atomic E-state index is 15.2. The number of alkyl halides is 3. The van der Waals surface area contributed by atoms with Crippen molar-refractivity contribution in [3.05, 3.63) is 47.7 Å². The third kappa shape index (κ3) is 4.26. The van der Waals surface area contributed by atoms with E-state index < -0.39 is 29.4 Å². The number of hydrogen-bond donors (Lipinski definition) is 1. The number of halogens is 4. The van der Waals surface area contributed by atoms with E-state index in [1.54, 1.807) is 0 Å². The van der Waals surface area contributed by atoms with Gasteiger partial charge < -0.3 is 10.1 Å². The Labute approximate surface area is 181 Å². The number of amides is 1. The lowest BCUT2D eigenvalue weighted by Crippen LogP contribution is -2.19. The minimum absolute atomic E-state index is 0.0445. The van der Waals surface area contributed by atoms with E-state index in [2.05, 4.69) is 22.3 Å².